The van der Waals surface area contributed by atoms with Gasteiger partial charge in [0.1, 0.15) is 11.4 Å². The molecule has 1 aromatic carbocycles. The number of furan rings is 1. The predicted molar refractivity (Wildman–Crippen MR) is 51.3 cm³/mol. The third kappa shape index (κ3) is 1.66. The van der Waals surface area contributed by atoms with Crippen LogP contribution in [-0.2, 0) is 6.54 Å². The van der Waals surface area contributed by atoms with Gasteiger partial charge in [0.05, 0.1) is 6.26 Å². The molecule has 0 bridgehead atoms. The largest absolute Gasteiger partial charge is 0.464 e. The summed E-state index contributed by atoms with van der Waals surface area (Å²) in [4.78, 5) is 0. The van der Waals surface area contributed by atoms with E-state index >= 15 is 0 Å². The van der Waals surface area contributed by atoms with Gasteiger partial charge < -0.3 is 10.2 Å². The van der Waals surface area contributed by atoms with Gasteiger partial charge in [0.2, 0.25) is 0 Å². The van der Waals surface area contributed by atoms with Crippen molar-refractivity contribution >= 4 is 23.4 Å². The molecule has 0 saturated carbocycles. The highest BCUT2D eigenvalue weighted by Crippen LogP contribution is 2.21. The minimum atomic E-state index is -0.265. The molecule has 13 heavy (non-hydrogen) atoms. The van der Waals surface area contributed by atoms with Gasteiger partial charge in [0.25, 0.3) is 0 Å². The first-order chi connectivity index (χ1) is 5.81. The van der Waals surface area contributed by atoms with E-state index in [0.29, 0.717) is 12.1 Å². The van der Waals surface area contributed by atoms with Gasteiger partial charge in [-0.3, -0.25) is 0 Å². The highest BCUT2D eigenvalue weighted by molar-refractivity contribution is 5.85. The molecule has 2 N–H and O–H groups in total. The van der Waals surface area contributed by atoms with E-state index in [2.05, 4.69) is 0 Å². The van der Waals surface area contributed by atoms with Crippen LogP contribution in [-0.4, -0.2) is 0 Å². The highest BCUT2D eigenvalue weighted by atomic mass is 35.5. The zero-order chi connectivity index (χ0) is 8.55. The van der Waals surface area contributed by atoms with Crippen molar-refractivity contribution in [3.63, 3.8) is 0 Å². The molecule has 0 atom stereocenters. The van der Waals surface area contributed by atoms with E-state index in [0.717, 1.165) is 10.9 Å². The highest BCUT2D eigenvalue weighted by Gasteiger charge is 2.04. The van der Waals surface area contributed by atoms with Gasteiger partial charge in [0.15, 0.2) is 0 Å². The van der Waals surface area contributed by atoms with Crippen molar-refractivity contribution in [1.29, 1.82) is 0 Å². The van der Waals surface area contributed by atoms with Gasteiger partial charge in [-0.2, -0.15) is 0 Å². The summed E-state index contributed by atoms with van der Waals surface area (Å²) >= 11 is 0. The van der Waals surface area contributed by atoms with Gasteiger partial charge in [-0.15, -0.1) is 12.4 Å². The Morgan fingerprint density at radius 3 is 2.85 bits per heavy atom. The fourth-order valence-corrected chi connectivity index (χ4v) is 1.21. The lowest BCUT2D eigenvalue weighted by molar-refractivity contribution is 0.606. The number of nitrogens with two attached hydrogens (primary N) is 1. The Kier molecular flexibility index (Phi) is 2.90. The van der Waals surface area contributed by atoms with Crippen LogP contribution in [0.4, 0.5) is 4.39 Å². The predicted octanol–water partition coefficient (Wildman–Crippen LogP) is 2.45. The summed E-state index contributed by atoms with van der Waals surface area (Å²) in [5, 5.41) is 0.762. The van der Waals surface area contributed by atoms with E-state index in [-0.39, 0.29) is 18.2 Å². The third-order valence-corrected chi connectivity index (χ3v) is 1.84. The Bertz CT molecular complexity index is 413. The van der Waals surface area contributed by atoms with E-state index in [4.69, 9.17) is 10.2 Å². The first kappa shape index (κ1) is 10.0. The van der Waals surface area contributed by atoms with Crippen molar-refractivity contribution in [2.24, 2.45) is 5.73 Å². The zero-order valence-corrected chi connectivity index (χ0v) is 7.60. The molecule has 0 fully saturated rings. The zero-order valence-electron chi connectivity index (χ0n) is 6.79. The van der Waals surface area contributed by atoms with Crippen molar-refractivity contribution in [2.45, 2.75) is 6.54 Å². The molecule has 2 rings (SSSR count). The van der Waals surface area contributed by atoms with E-state index in [1.807, 2.05) is 0 Å². The number of hydrogen-bond acceptors (Lipinski definition) is 2. The Morgan fingerprint density at radius 1 is 1.38 bits per heavy atom. The molecule has 0 spiro atoms. The van der Waals surface area contributed by atoms with Gasteiger partial charge >= 0.3 is 0 Å². The van der Waals surface area contributed by atoms with Gasteiger partial charge in [-0.25, -0.2) is 4.39 Å². The lowest BCUT2D eigenvalue weighted by atomic mass is 10.2. The SMILES string of the molecule is Cl.NCc1coc2ccc(F)cc12. The Morgan fingerprint density at radius 2 is 2.15 bits per heavy atom. The standard InChI is InChI=1S/C9H8FNO.ClH/c10-7-1-2-9-8(3-7)6(4-11)5-12-9;/h1-3,5H,4,11H2;1H. The molecule has 2 aromatic rings. The number of halogens is 2. The summed E-state index contributed by atoms with van der Waals surface area (Å²) < 4.78 is 17.9. The molecule has 2 nitrogen and oxygen atoms in total. The molecule has 1 aromatic heterocycles. The van der Waals surface area contributed by atoms with Crippen LogP contribution < -0.4 is 5.73 Å². The molecular weight excluding hydrogens is 193 g/mol. The number of benzene rings is 1. The summed E-state index contributed by atoms with van der Waals surface area (Å²) in [6, 6.07) is 4.40. The molecule has 0 amide bonds. The number of hydrogen-bond donors (Lipinski definition) is 1. The molecule has 0 aliphatic heterocycles. The number of rotatable bonds is 1. The van der Waals surface area contributed by atoms with Crippen LogP contribution in [0.15, 0.2) is 28.9 Å². The normalized spacial score (nSPS) is 10.0. The molecule has 0 radical (unpaired) electrons. The van der Waals surface area contributed by atoms with Gasteiger partial charge in [-0.05, 0) is 18.2 Å². The smallest absolute Gasteiger partial charge is 0.134 e. The average Bonchev–Trinajstić information content (AvgIpc) is 2.46. The van der Waals surface area contributed by atoms with E-state index < -0.39 is 0 Å². The second-order valence-corrected chi connectivity index (χ2v) is 2.61. The van der Waals surface area contributed by atoms with Crippen molar-refractivity contribution < 1.29 is 8.81 Å². The maximum Gasteiger partial charge on any atom is 0.134 e. The molecule has 4 heteroatoms. The maximum absolute atomic E-state index is 12.7. The first-order valence-electron chi connectivity index (χ1n) is 3.67. The minimum Gasteiger partial charge on any atom is -0.464 e. The van der Waals surface area contributed by atoms with E-state index in [1.54, 1.807) is 12.3 Å². The minimum absolute atomic E-state index is 0. The molecule has 0 aliphatic rings. The van der Waals surface area contributed by atoms with Crippen molar-refractivity contribution in [3.05, 3.63) is 35.8 Å². The fourth-order valence-electron chi connectivity index (χ4n) is 1.21. The second-order valence-electron chi connectivity index (χ2n) is 2.61. The van der Waals surface area contributed by atoms with E-state index in [1.165, 1.54) is 12.1 Å². The Labute approximate surface area is 80.9 Å². The van der Waals surface area contributed by atoms with Crippen molar-refractivity contribution in [1.82, 2.24) is 0 Å². The van der Waals surface area contributed by atoms with Crippen LogP contribution in [0.2, 0.25) is 0 Å². The van der Waals surface area contributed by atoms with Crippen LogP contribution in [0.5, 0.6) is 0 Å². The summed E-state index contributed by atoms with van der Waals surface area (Å²) in [5.41, 5.74) is 6.94. The summed E-state index contributed by atoms with van der Waals surface area (Å²) in [7, 11) is 0. The fraction of sp³-hybridized carbons (Fsp3) is 0.111. The lowest BCUT2D eigenvalue weighted by Crippen LogP contribution is -1.93. The van der Waals surface area contributed by atoms with Crippen LogP contribution in [0, 0.1) is 5.82 Å². The molecule has 0 saturated heterocycles. The van der Waals surface area contributed by atoms with Crippen LogP contribution in [0.1, 0.15) is 5.56 Å². The molecule has 0 aliphatic carbocycles. The van der Waals surface area contributed by atoms with Gasteiger partial charge in [0, 0.05) is 17.5 Å². The van der Waals surface area contributed by atoms with Crippen molar-refractivity contribution in [2.75, 3.05) is 0 Å². The van der Waals surface area contributed by atoms with Crippen LogP contribution in [0.3, 0.4) is 0 Å². The third-order valence-electron chi connectivity index (χ3n) is 1.84. The quantitative estimate of drug-likeness (QED) is 0.770. The summed E-state index contributed by atoms with van der Waals surface area (Å²) in [5.74, 6) is -0.265. The van der Waals surface area contributed by atoms with E-state index in [9.17, 15) is 4.39 Å². The summed E-state index contributed by atoms with van der Waals surface area (Å²) in [6.07, 6.45) is 1.56. The maximum atomic E-state index is 12.7. The molecule has 0 unspecified atom stereocenters. The van der Waals surface area contributed by atoms with Crippen LogP contribution >= 0.6 is 12.4 Å². The summed E-state index contributed by atoms with van der Waals surface area (Å²) in [6.45, 7) is 0.371. The van der Waals surface area contributed by atoms with Crippen molar-refractivity contribution in [3.8, 4) is 0 Å². The second kappa shape index (κ2) is 3.77. The number of fused-ring (bicyclic) bond motifs is 1. The monoisotopic (exact) mass is 201 g/mol. The van der Waals surface area contributed by atoms with Crippen LogP contribution in [0.25, 0.3) is 11.0 Å². The lowest BCUT2D eigenvalue weighted by Gasteiger charge is -1.91. The molecule has 1 heterocycles. The average molecular weight is 202 g/mol. The Balaban J connectivity index is 0.000000845. The molecule has 70 valence electrons. The van der Waals surface area contributed by atoms with Gasteiger partial charge in [-0.1, -0.05) is 0 Å². The Hall–Kier alpha value is -1.06. The first-order valence-corrected chi connectivity index (χ1v) is 3.67. The topological polar surface area (TPSA) is 39.2 Å². The molecular formula is C9H9ClFNO.